The van der Waals surface area contributed by atoms with Crippen molar-refractivity contribution in [1.82, 2.24) is 0 Å². The maximum atomic E-state index is 11.3. The Balaban J connectivity index is 2.70. The highest BCUT2D eigenvalue weighted by atomic mass is 16.5. The Morgan fingerprint density at radius 1 is 1.19 bits per heavy atom. The van der Waals surface area contributed by atoms with E-state index in [0.29, 0.717) is 12.5 Å². The van der Waals surface area contributed by atoms with Crippen LogP contribution in [0.25, 0.3) is 0 Å². The van der Waals surface area contributed by atoms with Crippen LogP contribution < -0.4 is 0 Å². The largest absolute Gasteiger partial charge is 0.481 e. The molecule has 4 atom stereocenters. The maximum absolute atomic E-state index is 11.3. The second kappa shape index (κ2) is 8.83. The molecule has 0 aliphatic carbocycles. The predicted molar refractivity (Wildman–Crippen MR) is 85.1 cm³/mol. The zero-order valence-corrected chi connectivity index (χ0v) is 13.6. The SMILES string of the molecule is CC[C@@H](C)C[C@@H](C)[C@H](OCc1ccccc1)[C@H](C)C(=O)O. The van der Waals surface area contributed by atoms with Crippen LogP contribution in [0.5, 0.6) is 0 Å². The summed E-state index contributed by atoms with van der Waals surface area (Å²) < 4.78 is 5.98. The van der Waals surface area contributed by atoms with Crippen LogP contribution in [0.15, 0.2) is 30.3 Å². The predicted octanol–water partition coefficient (Wildman–Crippen LogP) is 4.36. The molecule has 21 heavy (non-hydrogen) atoms. The molecular weight excluding hydrogens is 264 g/mol. The van der Waals surface area contributed by atoms with Crippen molar-refractivity contribution in [2.24, 2.45) is 17.8 Å². The van der Waals surface area contributed by atoms with E-state index in [9.17, 15) is 9.90 Å². The van der Waals surface area contributed by atoms with Crippen molar-refractivity contribution in [3.63, 3.8) is 0 Å². The van der Waals surface area contributed by atoms with E-state index >= 15 is 0 Å². The molecule has 0 fully saturated rings. The average molecular weight is 292 g/mol. The molecule has 0 spiro atoms. The summed E-state index contributed by atoms with van der Waals surface area (Å²) in [6, 6.07) is 9.91. The van der Waals surface area contributed by atoms with Crippen LogP contribution in [0.1, 0.15) is 46.1 Å². The van der Waals surface area contributed by atoms with Gasteiger partial charge in [0.05, 0.1) is 18.6 Å². The third kappa shape index (κ3) is 5.88. The molecule has 3 nitrogen and oxygen atoms in total. The number of carboxylic acids is 1. The van der Waals surface area contributed by atoms with Gasteiger partial charge in [0, 0.05) is 0 Å². The van der Waals surface area contributed by atoms with Crippen LogP contribution >= 0.6 is 0 Å². The molecule has 118 valence electrons. The highest BCUT2D eigenvalue weighted by Crippen LogP contribution is 2.26. The lowest BCUT2D eigenvalue weighted by atomic mass is 9.86. The average Bonchev–Trinajstić information content (AvgIpc) is 2.47. The minimum atomic E-state index is -0.788. The molecule has 0 saturated carbocycles. The second-order valence-corrected chi connectivity index (χ2v) is 6.11. The van der Waals surface area contributed by atoms with Crippen molar-refractivity contribution < 1.29 is 14.6 Å². The van der Waals surface area contributed by atoms with Crippen molar-refractivity contribution >= 4 is 5.97 Å². The molecule has 0 aromatic heterocycles. The number of aliphatic carboxylic acids is 1. The summed E-state index contributed by atoms with van der Waals surface area (Å²) in [6.07, 6.45) is 1.85. The molecule has 3 heteroatoms. The molecule has 1 N–H and O–H groups in total. The quantitative estimate of drug-likeness (QED) is 0.735. The van der Waals surface area contributed by atoms with Gasteiger partial charge in [0.2, 0.25) is 0 Å². The standard InChI is InChI=1S/C18H28O3/c1-5-13(2)11-14(3)17(15(4)18(19)20)21-12-16-9-7-6-8-10-16/h6-10,13-15,17H,5,11-12H2,1-4H3,(H,19,20)/t13-,14-,15+,17+/m1/s1. The Bertz CT molecular complexity index is 416. The second-order valence-electron chi connectivity index (χ2n) is 6.11. The summed E-state index contributed by atoms with van der Waals surface area (Å²) in [7, 11) is 0. The summed E-state index contributed by atoms with van der Waals surface area (Å²) >= 11 is 0. The minimum Gasteiger partial charge on any atom is -0.481 e. The van der Waals surface area contributed by atoms with Crippen LogP contribution in [-0.4, -0.2) is 17.2 Å². The molecule has 0 aliphatic heterocycles. The highest BCUT2D eigenvalue weighted by molar-refractivity contribution is 5.70. The topological polar surface area (TPSA) is 46.5 Å². The monoisotopic (exact) mass is 292 g/mol. The smallest absolute Gasteiger partial charge is 0.308 e. The first-order valence-corrected chi connectivity index (χ1v) is 7.84. The molecule has 0 unspecified atom stereocenters. The first-order chi connectivity index (χ1) is 9.95. The Kier molecular flexibility index (Phi) is 7.44. The molecular formula is C18H28O3. The molecule has 0 amide bonds. The molecule has 0 heterocycles. The van der Waals surface area contributed by atoms with Crippen molar-refractivity contribution in [2.45, 2.75) is 53.2 Å². The maximum Gasteiger partial charge on any atom is 0.308 e. The Hall–Kier alpha value is -1.35. The molecule has 1 aromatic carbocycles. The first kappa shape index (κ1) is 17.7. The van der Waals surface area contributed by atoms with Gasteiger partial charge in [-0.1, -0.05) is 57.5 Å². The Labute approximate surface area is 128 Å². The lowest BCUT2D eigenvalue weighted by Gasteiger charge is -2.29. The molecule has 0 radical (unpaired) electrons. The van der Waals surface area contributed by atoms with Crippen molar-refractivity contribution in [2.75, 3.05) is 0 Å². The van der Waals surface area contributed by atoms with Gasteiger partial charge in [-0.05, 0) is 30.7 Å². The van der Waals surface area contributed by atoms with E-state index in [1.54, 1.807) is 6.92 Å². The van der Waals surface area contributed by atoms with Gasteiger partial charge in [-0.15, -0.1) is 0 Å². The van der Waals surface area contributed by atoms with Gasteiger partial charge in [0.25, 0.3) is 0 Å². The highest BCUT2D eigenvalue weighted by Gasteiger charge is 2.30. The van der Waals surface area contributed by atoms with Gasteiger partial charge in [0.15, 0.2) is 0 Å². The van der Waals surface area contributed by atoms with Crippen LogP contribution in [-0.2, 0) is 16.1 Å². The van der Waals surface area contributed by atoms with E-state index in [-0.39, 0.29) is 12.0 Å². The number of hydrogen-bond donors (Lipinski definition) is 1. The fraction of sp³-hybridized carbons (Fsp3) is 0.611. The summed E-state index contributed by atoms with van der Waals surface area (Å²) in [5, 5.41) is 9.31. The number of ether oxygens (including phenoxy) is 1. The van der Waals surface area contributed by atoms with Crippen molar-refractivity contribution in [3.8, 4) is 0 Å². The van der Waals surface area contributed by atoms with Gasteiger partial charge in [-0.25, -0.2) is 0 Å². The van der Waals surface area contributed by atoms with Crippen LogP contribution in [0.4, 0.5) is 0 Å². The van der Waals surface area contributed by atoms with Gasteiger partial charge < -0.3 is 9.84 Å². The fourth-order valence-electron chi connectivity index (χ4n) is 2.64. The first-order valence-electron chi connectivity index (χ1n) is 7.84. The zero-order chi connectivity index (χ0) is 15.8. The van der Waals surface area contributed by atoms with Crippen molar-refractivity contribution in [3.05, 3.63) is 35.9 Å². The normalized spacial score (nSPS) is 17.0. The summed E-state index contributed by atoms with van der Waals surface area (Å²) in [4.78, 5) is 11.3. The summed E-state index contributed by atoms with van der Waals surface area (Å²) in [5.74, 6) is -0.463. The van der Waals surface area contributed by atoms with Crippen LogP contribution in [0.2, 0.25) is 0 Å². The van der Waals surface area contributed by atoms with E-state index in [2.05, 4.69) is 20.8 Å². The lowest BCUT2D eigenvalue weighted by molar-refractivity contribution is -0.149. The molecule has 0 saturated heterocycles. The van der Waals surface area contributed by atoms with Gasteiger partial charge in [-0.3, -0.25) is 4.79 Å². The summed E-state index contributed by atoms with van der Waals surface area (Å²) in [6.45, 7) is 8.67. The van der Waals surface area contributed by atoms with E-state index in [1.165, 1.54) is 0 Å². The van der Waals surface area contributed by atoms with Crippen LogP contribution in [0, 0.1) is 17.8 Å². The van der Waals surface area contributed by atoms with Gasteiger partial charge in [0.1, 0.15) is 0 Å². The number of carboxylic acid groups (broad SMARTS) is 1. The zero-order valence-electron chi connectivity index (χ0n) is 13.6. The van der Waals surface area contributed by atoms with E-state index in [4.69, 9.17) is 4.74 Å². The Morgan fingerprint density at radius 3 is 2.33 bits per heavy atom. The van der Waals surface area contributed by atoms with E-state index in [1.807, 2.05) is 30.3 Å². The Morgan fingerprint density at radius 2 is 1.81 bits per heavy atom. The lowest BCUT2D eigenvalue weighted by Crippen LogP contribution is -2.34. The minimum absolute atomic E-state index is 0.231. The van der Waals surface area contributed by atoms with Gasteiger partial charge >= 0.3 is 5.97 Å². The molecule has 1 rings (SSSR count). The van der Waals surface area contributed by atoms with Crippen molar-refractivity contribution in [1.29, 1.82) is 0 Å². The van der Waals surface area contributed by atoms with E-state index < -0.39 is 11.9 Å². The molecule has 1 aromatic rings. The number of carbonyl (C=O) groups is 1. The molecule has 0 aliphatic rings. The van der Waals surface area contributed by atoms with E-state index in [0.717, 1.165) is 18.4 Å². The summed E-state index contributed by atoms with van der Waals surface area (Å²) in [5.41, 5.74) is 1.08. The number of rotatable bonds is 9. The number of benzene rings is 1. The fourth-order valence-corrected chi connectivity index (χ4v) is 2.64. The third-order valence-electron chi connectivity index (χ3n) is 4.20. The van der Waals surface area contributed by atoms with Gasteiger partial charge in [-0.2, -0.15) is 0 Å². The molecule has 0 bridgehead atoms. The van der Waals surface area contributed by atoms with Crippen LogP contribution in [0.3, 0.4) is 0 Å². The third-order valence-corrected chi connectivity index (χ3v) is 4.20. The number of hydrogen-bond acceptors (Lipinski definition) is 2.